The first-order chi connectivity index (χ1) is 9.99. The Morgan fingerprint density at radius 2 is 2.05 bits per heavy atom. The van der Waals surface area contributed by atoms with Gasteiger partial charge in [0, 0.05) is 17.7 Å². The summed E-state index contributed by atoms with van der Waals surface area (Å²) in [6, 6.07) is 3.94. The number of aryl methyl sites for hydroxylation is 1. The molecule has 0 heterocycles. The third kappa shape index (κ3) is 3.78. The van der Waals surface area contributed by atoms with Gasteiger partial charge in [0.15, 0.2) is 0 Å². The van der Waals surface area contributed by atoms with Gasteiger partial charge < -0.3 is 10.4 Å². The zero-order chi connectivity index (χ0) is 15.4. The van der Waals surface area contributed by atoms with Crippen LogP contribution in [0.15, 0.2) is 18.2 Å². The first kappa shape index (κ1) is 15.4. The Kier molecular flexibility index (Phi) is 4.90. The van der Waals surface area contributed by atoms with Crippen molar-refractivity contribution >= 4 is 11.6 Å². The molecule has 0 aliphatic heterocycles. The van der Waals surface area contributed by atoms with Crippen LogP contribution in [0.2, 0.25) is 0 Å². The van der Waals surface area contributed by atoms with E-state index in [4.69, 9.17) is 0 Å². The van der Waals surface area contributed by atoms with Crippen LogP contribution in [0, 0.1) is 17.0 Å². The van der Waals surface area contributed by atoms with Crippen LogP contribution in [0.5, 0.6) is 0 Å². The lowest BCUT2D eigenvalue weighted by atomic mass is 10.0. The summed E-state index contributed by atoms with van der Waals surface area (Å²) in [5.41, 5.74) is 0.945. The number of amides is 1. The SMILES string of the molecule is Cc1cc([N+](=O)[O-])ccc1C(=O)NC1CCCCCC1O. The topological polar surface area (TPSA) is 92.5 Å². The van der Waals surface area contributed by atoms with E-state index in [1.807, 2.05) is 0 Å². The molecule has 1 aromatic rings. The van der Waals surface area contributed by atoms with Crippen molar-refractivity contribution in [3.05, 3.63) is 39.4 Å². The molecule has 1 aliphatic rings. The molecule has 2 atom stereocenters. The number of carbonyl (C=O) groups excluding carboxylic acids is 1. The van der Waals surface area contributed by atoms with Crippen LogP contribution in [-0.2, 0) is 0 Å². The molecule has 0 bridgehead atoms. The van der Waals surface area contributed by atoms with Gasteiger partial charge in [-0.2, -0.15) is 0 Å². The number of hydrogen-bond donors (Lipinski definition) is 2. The summed E-state index contributed by atoms with van der Waals surface area (Å²) in [6.07, 6.45) is 3.98. The molecule has 1 amide bonds. The molecule has 21 heavy (non-hydrogen) atoms. The van der Waals surface area contributed by atoms with Crippen LogP contribution in [-0.4, -0.2) is 28.1 Å². The molecule has 114 valence electrons. The lowest BCUT2D eigenvalue weighted by molar-refractivity contribution is -0.384. The van der Waals surface area contributed by atoms with Crippen molar-refractivity contribution in [3.63, 3.8) is 0 Å². The second-order valence-corrected chi connectivity index (χ2v) is 5.54. The number of carbonyl (C=O) groups is 1. The number of benzene rings is 1. The number of nitro groups is 1. The van der Waals surface area contributed by atoms with Crippen LogP contribution >= 0.6 is 0 Å². The van der Waals surface area contributed by atoms with Gasteiger partial charge in [-0.05, 0) is 31.4 Å². The molecule has 6 heteroatoms. The fourth-order valence-electron chi connectivity index (χ4n) is 2.72. The van der Waals surface area contributed by atoms with Gasteiger partial charge in [0.1, 0.15) is 0 Å². The normalized spacial score (nSPS) is 22.4. The molecule has 1 aliphatic carbocycles. The molecular weight excluding hydrogens is 272 g/mol. The number of aliphatic hydroxyl groups excluding tert-OH is 1. The van der Waals surface area contributed by atoms with Crippen LogP contribution < -0.4 is 5.32 Å². The molecule has 0 aromatic heterocycles. The van der Waals surface area contributed by atoms with E-state index in [-0.39, 0.29) is 17.6 Å². The van der Waals surface area contributed by atoms with Crippen molar-refractivity contribution in [2.75, 3.05) is 0 Å². The summed E-state index contributed by atoms with van der Waals surface area (Å²) in [5.74, 6) is -0.284. The highest BCUT2D eigenvalue weighted by Crippen LogP contribution is 2.20. The summed E-state index contributed by atoms with van der Waals surface area (Å²) in [7, 11) is 0. The Morgan fingerprint density at radius 1 is 1.33 bits per heavy atom. The molecule has 1 fully saturated rings. The summed E-state index contributed by atoms with van der Waals surface area (Å²) in [6.45, 7) is 1.67. The predicted molar refractivity (Wildman–Crippen MR) is 78.2 cm³/mol. The minimum Gasteiger partial charge on any atom is -0.391 e. The second-order valence-electron chi connectivity index (χ2n) is 5.54. The number of non-ortho nitro benzene ring substituents is 1. The van der Waals surface area contributed by atoms with E-state index in [1.165, 1.54) is 18.2 Å². The fraction of sp³-hybridized carbons (Fsp3) is 0.533. The number of nitrogens with one attached hydrogen (secondary N) is 1. The number of nitro benzene ring substituents is 1. The molecule has 2 N–H and O–H groups in total. The lowest BCUT2D eigenvalue weighted by Crippen LogP contribution is -2.42. The Balaban J connectivity index is 2.11. The first-order valence-electron chi connectivity index (χ1n) is 7.23. The van der Waals surface area contributed by atoms with Gasteiger partial charge in [-0.15, -0.1) is 0 Å². The standard InChI is InChI=1S/C15H20N2O4/c1-10-9-11(17(20)21)7-8-12(10)15(19)16-13-5-3-2-4-6-14(13)18/h7-9,13-14,18H,2-6H2,1H3,(H,16,19). The van der Waals surface area contributed by atoms with Gasteiger partial charge in [0.2, 0.25) is 0 Å². The van der Waals surface area contributed by atoms with Crippen molar-refractivity contribution in [2.24, 2.45) is 0 Å². The van der Waals surface area contributed by atoms with Crippen molar-refractivity contribution < 1.29 is 14.8 Å². The summed E-state index contributed by atoms with van der Waals surface area (Å²) in [5, 5.41) is 23.6. The zero-order valence-corrected chi connectivity index (χ0v) is 12.0. The Bertz CT molecular complexity index is 544. The molecule has 2 rings (SSSR count). The van der Waals surface area contributed by atoms with Gasteiger partial charge >= 0.3 is 0 Å². The Hall–Kier alpha value is -1.95. The average molecular weight is 292 g/mol. The maximum absolute atomic E-state index is 12.3. The molecule has 2 unspecified atom stereocenters. The van der Waals surface area contributed by atoms with Crippen molar-refractivity contribution in [1.29, 1.82) is 0 Å². The van der Waals surface area contributed by atoms with Crippen LogP contribution in [0.3, 0.4) is 0 Å². The summed E-state index contributed by atoms with van der Waals surface area (Å²) in [4.78, 5) is 22.5. The van der Waals surface area contributed by atoms with Crippen molar-refractivity contribution in [1.82, 2.24) is 5.32 Å². The Labute approximate surface area is 123 Å². The van der Waals surface area contributed by atoms with Crippen LogP contribution in [0.1, 0.15) is 48.0 Å². The monoisotopic (exact) mass is 292 g/mol. The molecule has 0 saturated heterocycles. The van der Waals surface area contributed by atoms with Gasteiger partial charge in [-0.25, -0.2) is 0 Å². The number of nitrogens with zero attached hydrogens (tertiary/aromatic N) is 1. The lowest BCUT2D eigenvalue weighted by Gasteiger charge is -2.22. The zero-order valence-electron chi connectivity index (χ0n) is 12.0. The minimum absolute atomic E-state index is 0.0291. The highest BCUT2D eigenvalue weighted by molar-refractivity contribution is 5.96. The largest absolute Gasteiger partial charge is 0.391 e. The van der Waals surface area contributed by atoms with Crippen molar-refractivity contribution in [3.8, 4) is 0 Å². The van der Waals surface area contributed by atoms with Crippen molar-refractivity contribution in [2.45, 2.75) is 51.2 Å². The van der Waals surface area contributed by atoms with Gasteiger partial charge in [0.25, 0.3) is 11.6 Å². The quantitative estimate of drug-likeness (QED) is 0.508. The van der Waals surface area contributed by atoms with E-state index in [2.05, 4.69) is 5.32 Å². The summed E-state index contributed by atoms with van der Waals surface area (Å²) < 4.78 is 0. The molecule has 0 radical (unpaired) electrons. The van der Waals surface area contributed by atoms with E-state index in [9.17, 15) is 20.0 Å². The van der Waals surface area contributed by atoms with Gasteiger partial charge in [-0.1, -0.05) is 19.3 Å². The highest BCUT2D eigenvalue weighted by Gasteiger charge is 2.24. The third-order valence-electron chi connectivity index (χ3n) is 3.96. The minimum atomic E-state index is -0.519. The third-order valence-corrected chi connectivity index (χ3v) is 3.96. The average Bonchev–Trinajstić information content (AvgIpc) is 2.63. The molecule has 1 saturated carbocycles. The predicted octanol–water partition coefficient (Wildman–Crippen LogP) is 2.33. The molecule has 1 aromatic carbocycles. The highest BCUT2D eigenvalue weighted by atomic mass is 16.6. The smallest absolute Gasteiger partial charge is 0.269 e. The second kappa shape index (κ2) is 6.67. The molecular formula is C15H20N2O4. The Morgan fingerprint density at radius 3 is 2.71 bits per heavy atom. The number of hydrogen-bond acceptors (Lipinski definition) is 4. The van der Waals surface area contributed by atoms with E-state index in [0.29, 0.717) is 17.5 Å². The van der Waals surface area contributed by atoms with Crippen LogP contribution in [0.25, 0.3) is 0 Å². The van der Waals surface area contributed by atoms with E-state index in [0.717, 1.165) is 25.7 Å². The number of aliphatic hydroxyl groups is 1. The van der Waals surface area contributed by atoms with Crippen LogP contribution in [0.4, 0.5) is 5.69 Å². The maximum Gasteiger partial charge on any atom is 0.269 e. The van der Waals surface area contributed by atoms with E-state index >= 15 is 0 Å². The van der Waals surface area contributed by atoms with E-state index in [1.54, 1.807) is 6.92 Å². The van der Waals surface area contributed by atoms with Gasteiger partial charge in [0.05, 0.1) is 17.1 Å². The fourth-order valence-corrected chi connectivity index (χ4v) is 2.72. The van der Waals surface area contributed by atoms with E-state index < -0.39 is 11.0 Å². The van der Waals surface area contributed by atoms with Gasteiger partial charge in [-0.3, -0.25) is 14.9 Å². The molecule has 6 nitrogen and oxygen atoms in total. The maximum atomic E-state index is 12.3. The number of rotatable bonds is 3. The first-order valence-corrected chi connectivity index (χ1v) is 7.23. The molecule has 0 spiro atoms. The summed E-state index contributed by atoms with van der Waals surface area (Å²) >= 11 is 0.